The van der Waals surface area contributed by atoms with E-state index in [0.29, 0.717) is 0 Å². The number of rotatable bonds is 2. The zero-order valence-electron chi connectivity index (χ0n) is 10.7. The smallest absolute Gasteiger partial charge is 0.450 e. The van der Waals surface area contributed by atoms with Crippen LogP contribution in [0, 0.1) is 11.1 Å². The minimum absolute atomic E-state index is 0.176. The van der Waals surface area contributed by atoms with Crippen LogP contribution < -0.4 is 0 Å². The van der Waals surface area contributed by atoms with Gasteiger partial charge in [-0.05, 0) is 27.7 Å². The van der Waals surface area contributed by atoms with Crippen LogP contribution in [-0.2, 0) is 0 Å². The first kappa shape index (κ1) is 24.8. The first-order valence-corrected chi connectivity index (χ1v) is 4.58. The first-order valence-electron chi connectivity index (χ1n) is 4.58. The van der Waals surface area contributed by atoms with E-state index in [1.165, 1.54) is 0 Å². The Morgan fingerprint density at radius 1 is 0.778 bits per heavy atom. The number of carboxylic acid groups (broad SMARTS) is 4. The predicted molar refractivity (Wildman–Crippen MR) is 61.9 cm³/mol. The summed E-state index contributed by atoms with van der Waals surface area (Å²) in [6.07, 6.45) is -3.67. The summed E-state index contributed by atoms with van der Waals surface area (Å²) in [6, 6.07) is 0.352. The van der Waals surface area contributed by atoms with Crippen molar-refractivity contribution in [3.05, 3.63) is 0 Å². The van der Waals surface area contributed by atoms with E-state index in [1.807, 2.05) is 27.7 Å². The van der Waals surface area contributed by atoms with Gasteiger partial charge in [0.05, 0.1) is 12.1 Å². The van der Waals surface area contributed by atoms with Crippen molar-refractivity contribution in [1.29, 1.82) is 11.1 Å². The highest BCUT2D eigenvalue weighted by Gasteiger charge is 1.77. The molecule has 0 saturated carbocycles. The highest BCUT2D eigenvalue weighted by atomic mass is 16.6. The van der Waals surface area contributed by atoms with Crippen LogP contribution in [0.1, 0.15) is 27.7 Å². The van der Waals surface area contributed by atoms with E-state index in [9.17, 15) is 0 Å². The molecule has 0 aromatic rings. The zero-order valence-corrected chi connectivity index (χ0v) is 10.7. The van der Waals surface area contributed by atoms with Gasteiger partial charge in [0.2, 0.25) is 0 Å². The number of hydrogen-bond donors (Lipinski definition) is 6. The highest BCUT2D eigenvalue weighted by Crippen LogP contribution is 1.79. The molecule has 0 radical (unpaired) electrons. The third-order valence-electron chi connectivity index (χ3n) is 0.516. The molecule has 0 fully saturated rings. The minimum atomic E-state index is -1.83. The van der Waals surface area contributed by atoms with E-state index in [2.05, 4.69) is 10.2 Å². The molecular weight excluding hydrogens is 248 g/mol. The van der Waals surface area contributed by atoms with Crippen molar-refractivity contribution in [3.8, 4) is 0 Å². The standard InChI is InChI=1S/2C3H8N2.2CH2O3/c2*1-3(2)5-4;2*2-1(3)4/h2*3-4H,1-2H3;2*(H2,2,3,4). The van der Waals surface area contributed by atoms with Crippen molar-refractivity contribution < 1.29 is 30.0 Å². The Labute approximate surface area is 104 Å². The number of hydrogen-bond acceptors (Lipinski definition) is 6. The van der Waals surface area contributed by atoms with Crippen LogP contribution in [0.4, 0.5) is 9.59 Å². The third-order valence-corrected chi connectivity index (χ3v) is 0.516. The average molecular weight is 268 g/mol. The fourth-order valence-electron chi connectivity index (χ4n) is 0. The van der Waals surface area contributed by atoms with E-state index < -0.39 is 12.3 Å². The van der Waals surface area contributed by atoms with Crippen molar-refractivity contribution in [2.45, 2.75) is 39.8 Å². The molecule has 18 heavy (non-hydrogen) atoms. The maximum atomic E-state index is 8.56. The molecule has 0 atom stereocenters. The molecule has 0 heterocycles. The van der Waals surface area contributed by atoms with Gasteiger partial charge in [0.15, 0.2) is 0 Å². The van der Waals surface area contributed by atoms with Crippen LogP contribution in [0.15, 0.2) is 10.2 Å². The molecule has 108 valence electrons. The Hall–Kier alpha value is -2.26. The summed E-state index contributed by atoms with van der Waals surface area (Å²) >= 11 is 0. The summed E-state index contributed by atoms with van der Waals surface area (Å²) in [6.45, 7) is 7.47. The van der Waals surface area contributed by atoms with Crippen LogP contribution in [0.2, 0.25) is 0 Å². The molecule has 0 unspecified atom stereocenters. The van der Waals surface area contributed by atoms with E-state index in [4.69, 9.17) is 41.1 Å². The Bertz CT molecular complexity index is 200. The van der Waals surface area contributed by atoms with Gasteiger partial charge < -0.3 is 20.4 Å². The Morgan fingerprint density at radius 2 is 0.833 bits per heavy atom. The van der Waals surface area contributed by atoms with E-state index in [1.54, 1.807) is 0 Å². The molecule has 0 amide bonds. The number of nitrogens with zero attached hydrogens (tertiary/aromatic N) is 2. The molecule has 0 aromatic carbocycles. The second kappa shape index (κ2) is 20.2. The normalized spacial score (nSPS) is 7.44. The molecule has 0 aromatic heterocycles. The van der Waals surface area contributed by atoms with Crippen molar-refractivity contribution >= 4 is 12.3 Å². The SMILES string of the molecule is CC(C)N=N.CC(C)N=N.O=C(O)O.O=C(O)O. The Morgan fingerprint density at radius 3 is 0.833 bits per heavy atom. The second-order valence-electron chi connectivity index (χ2n) is 3.01. The number of carbonyl (C=O) groups is 2. The molecule has 0 aliphatic carbocycles. The maximum Gasteiger partial charge on any atom is 0.503 e. The van der Waals surface area contributed by atoms with Crippen LogP contribution in [-0.4, -0.2) is 44.8 Å². The van der Waals surface area contributed by atoms with E-state index in [-0.39, 0.29) is 12.1 Å². The van der Waals surface area contributed by atoms with Gasteiger partial charge in [0.25, 0.3) is 0 Å². The summed E-state index contributed by atoms with van der Waals surface area (Å²) in [7, 11) is 0. The minimum Gasteiger partial charge on any atom is -0.450 e. The second-order valence-corrected chi connectivity index (χ2v) is 3.01. The summed E-state index contributed by atoms with van der Waals surface area (Å²) in [5, 5.41) is 34.2. The lowest BCUT2D eigenvalue weighted by atomic mass is 10.4. The molecule has 0 aliphatic heterocycles. The summed E-state index contributed by atoms with van der Waals surface area (Å²) in [4.78, 5) is 17.1. The maximum absolute atomic E-state index is 8.56. The van der Waals surface area contributed by atoms with Crippen LogP contribution in [0.25, 0.3) is 0 Å². The Balaban J connectivity index is -0.0000000731. The fourth-order valence-corrected chi connectivity index (χ4v) is 0. The quantitative estimate of drug-likeness (QED) is 0.416. The third kappa shape index (κ3) is 737. The molecule has 0 spiro atoms. The molecule has 0 bridgehead atoms. The first-order chi connectivity index (χ1) is 8.00. The average Bonchev–Trinajstić information content (AvgIpc) is 2.16. The zero-order chi connectivity index (χ0) is 15.7. The Kier molecular flexibility index (Phi) is 27.8. The molecular formula is C8H20N4O6. The van der Waals surface area contributed by atoms with Gasteiger partial charge in [-0.15, -0.1) is 0 Å². The molecule has 0 aliphatic rings. The molecule has 10 heteroatoms. The van der Waals surface area contributed by atoms with Crippen LogP contribution in [0.3, 0.4) is 0 Å². The summed E-state index contributed by atoms with van der Waals surface area (Å²) < 4.78 is 0. The summed E-state index contributed by atoms with van der Waals surface area (Å²) in [5.41, 5.74) is 12.6. The van der Waals surface area contributed by atoms with Crippen molar-refractivity contribution in [1.82, 2.24) is 0 Å². The lowest BCUT2D eigenvalue weighted by Gasteiger charge is -1.82. The fraction of sp³-hybridized carbons (Fsp3) is 0.750. The van der Waals surface area contributed by atoms with Gasteiger partial charge in [-0.1, -0.05) is 0 Å². The van der Waals surface area contributed by atoms with Crippen molar-refractivity contribution in [2.24, 2.45) is 10.2 Å². The van der Waals surface area contributed by atoms with Crippen LogP contribution in [0.5, 0.6) is 0 Å². The largest absolute Gasteiger partial charge is 0.503 e. The molecule has 0 saturated heterocycles. The lowest BCUT2D eigenvalue weighted by molar-refractivity contribution is 0.135. The topological polar surface area (TPSA) is 187 Å². The predicted octanol–water partition coefficient (Wildman–Crippen LogP) is 3.30. The molecule has 6 N–H and O–H groups in total. The molecule has 0 rings (SSSR count). The van der Waals surface area contributed by atoms with E-state index in [0.717, 1.165) is 0 Å². The van der Waals surface area contributed by atoms with Crippen molar-refractivity contribution in [2.75, 3.05) is 0 Å². The molecule has 10 nitrogen and oxygen atoms in total. The lowest BCUT2D eigenvalue weighted by Crippen LogP contribution is -1.81. The number of nitrogens with one attached hydrogen (secondary N) is 2. The van der Waals surface area contributed by atoms with Crippen molar-refractivity contribution in [3.63, 3.8) is 0 Å². The van der Waals surface area contributed by atoms with Gasteiger partial charge in [0.1, 0.15) is 0 Å². The van der Waals surface area contributed by atoms with Gasteiger partial charge in [-0.25, -0.2) is 20.7 Å². The van der Waals surface area contributed by atoms with Crippen LogP contribution >= 0.6 is 0 Å². The highest BCUT2D eigenvalue weighted by molar-refractivity contribution is 5.53. The van der Waals surface area contributed by atoms with Gasteiger partial charge in [-0.2, -0.15) is 10.2 Å². The van der Waals surface area contributed by atoms with Gasteiger partial charge in [-0.3, -0.25) is 0 Å². The summed E-state index contributed by atoms with van der Waals surface area (Å²) in [5.74, 6) is 0. The van der Waals surface area contributed by atoms with Gasteiger partial charge in [0, 0.05) is 0 Å². The van der Waals surface area contributed by atoms with Gasteiger partial charge >= 0.3 is 12.3 Å². The monoisotopic (exact) mass is 268 g/mol. The van der Waals surface area contributed by atoms with E-state index >= 15 is 0 Å².